The molecule has 0 unspecified atom stereocenters. The molecule has 1 saturated heterocycles. The Hall–Kier alpha value is -4.23. The molecule has 2 aliphatic heterocycles. The number of imidazole rings is 1. The zero-order valence-electron chi connectivity index (χ0n) is 20.9. The summed E-state index contributed by atoms with van der Waals surface area (Å²) in [6.07, 6.45) is 5.44. The summed E-state index contributed by atoms with van der Waals surface area (Å²) in [5.74, 6) is 1.37. The number of aromatic nitrogens is 5. The van der Waals surface area contributed by atoms with E-state index in [-0.39, 0.29) is 6.03 Å². The fraction of sp³-hybridized carbons (Fsp3) is 0.370. The summed E-state index contributed by atoms with van der Waals surface area (Å²) in [4.78, 5) is 24.4. The lowest BCUT2D eigenvalue weighted by Crippen LogP contribution is -2.43. The molecule has 0 spiro atoms. The number of urea groups is 1. The molecule has 0 saturated carbocycles. The van der Waals surface area contributed by atoms with Gasteiger partial charge in [0.25, 0.3) is 0 Å². The maximum absolute atomic E-state index is 12.5. The van der Waals surface area contributed by atoms with Gasteiger partial charge in [-0.15, -0.1) is 0 Å². The van der Waals surface area contributed by atoms with Crippen molar-refractivity contribution in [3.63, 3.8) is 0 Å². The predicted molar refractivity (Wildman–Crippen MR) is 138 cm³/mol. The quantitative estimate of drug-likeness (QED) is 0.465. The Kier molecular flexibility index (Phi) is 5.85. The van der Waals surface area contributed by atoms with Gasteiger partial charge in [0.1, 0.15) is 11.9 Å². The van der Waals surface area contributed by atoms with Gasteiger partial charge in [0, 0.05) is 69.0 Å². The number of carbonyl (C=O) groups excluding carboxylic acids is 1. The molecule has 0 radical (unpaired) electrons. The highest BCUT2D eigenvalue weighted by atomic mass is 16.5. The van der Waals surface area contributed by atoms with Gasteiger partial charge in [-0.3, -0.25) is 4.68 Å². The van der Waals surface area contributed by atoms with Crippen molar-refractivity contribution in [1.29, 1.82) is 5.26 Å². The molecule has 4 aromatic rings. The molecule has 6 rings (SSSR count). The number of benzene rings is 1. The summed E-state index contributed by atoms with van der Waals surface area (Å²) in [6.45, 7) is 3.25. The van der Waals surface area contributed by atoms with Crippen molar-refractivity contribution in [2.75, 3.05) is 26.8 Å². The van der Waals surface area contributed by atoms with Gasteiger partial charge in [0.05, 0.1) is 40.9 Å². The molecule has 2 amide bonds. The van der Waals surface area contributed by atoms with Crippen molar-refractivity contribution in [2.45, 2.75) is 31.8 Å². The SMILES string of the molecule is CNC(=O)N1CCn2c(C3CCOCC3)nc(-c3cccc4nc(-c5cnn(C)c5)c(C#N)cc34)c2C1. The Morgan fingerprint density at radius 1 is 1.19 bits per heavy atom. The fourth-order valence-electron chi connectivity index (χ4n) is 5.46. The average molecular weight is 497 g/mol. The zero-order valence-corrected chi connectivity index (χ0v) is 20.9. The van der Waals surface area contributed by atoms with Crippen molar-refractivity contribution in [1.82, 2.24) is 34.5 Å². The molecule has 0 atom stereocenters. The van der Waals surface area contributed by atoms with Gasteiger partial charge in [0.2, 0.25) is 0 Å². The average Bonchev–Trinajstić information content (AvgIpc) is 3.55. The summed E-state index contributed by atoms with van der Waals surface area (Å²) in [7, 11) is 3.50. The monoisotopic (exact) mass is 496 g/mol. The van der Waals surface area contributed by atoms with Crippen LogP contribution in [-0.2, 0) is 24.9 Å². The van der Waals surface area contributed by atoms with Crippen molar-refractivity contribution in [3.05, 3.63) is 53.7 Å². The highest BCUT2D eigenvalue weighted by molar-refractivity contribution is 5.96. The van der Waals surface area contributed by atoms with Crippen LogP contribution in [0, 0.1) is 11.3 Å². The number of pyridine rings is 1. The minimum absolute atomic E-state index is 0.0986. The minimum atomic E-state index is -0.0986. The molecule has 10 nitrogen and oxygen atoms in total. The van der Waals surface area contributed by atoms with E-state index >= 15 is 0 Å². The van der Waals surface area contributed by atoms with Crippen molar-refractivity contribution < 1.29 is 9.53 Å². The second kappa shape index (κ2) is 9.33. The van der Waals surface area contributed by atoms with E-state index in [1.165, 1.54) is 0 Å². The number of nitrogens with one attached hydrogen (secondary N) is 1. The Balaban J connectivity index is 1.53. The topological polar surface area (TPSA) is 114 Å². The second-order valence-corrected chi connectivity index (χ2v) is 9.55. The highest BCUT2D eigenvalue weighted by Gasteiger charge is 2.31. The van der Waals surface area contributed by atoms with Gasteiger partial charge in [-0.25, -0.2) is 14.8 Å². The molecule has 2 aliphatic rings. The first-order valence-electron chi connectivity index (χ1n) is 12.5. The third kappa shape index (κ3) is 4.01. The highest BCUT2D eigenvalue weighted by Crippen LogP contribution is 2.38. The molecule has 188 valence electrons. The molecule has 1 fully saturated rings. The largest absolute Gasteiger partial charge is 0.381 e. The second-order valence-electron chi connectivity index (χ2n) is 9.55. The maximum Gasteiger partial charge on any atom is 0.317 e. The van der Waals surface area contributed by atoms with E-state index in [1.54, 1.807) is 17.9 Å². The molecule has 1 N–H and O–H groups in total. The zero-order chi connectivity index (χ0) is 25.5. The number of nitriles is 1. The molecule has 0 bridgehead atoms. The molecule has 3 aromatic heterocycles. The van der Waals surface area contributed by atoms with E-state index in [1.807, 2.05) is 42.4 Å². The molecule has 10 heteroatoms. The van der Waals surface area contributed by atoms with E-state index in [0.29, 0.717) is 36.8 Å². The van der Waals surface area contributed by atoms with Gasteiger partial charge >= 0.3 is 6.03 Å². The smallest absolute Gasteiger partial charge is 0.317 e. The van der Waals surface area contributed by atoms with Crippen LogP contribution in [0.15, 0.2) is 36.7 Å². The summed E-state index contributed by atoms with van der Waals surface area (Å²) >= 11 is 0. The first kappa shape index (κ1) is 23.2. The number of amides is 2. The van der Waals surface area contributed by atoms with Crippen molar-refractivity contribution in [3.8, 4) is 28.6 Å². The molecular formula is C27H28N8O2. The van der Waals surface area contributed by atoms with Crippen LogP contribution >= 0.6 is 0 Å². The number of rotatable bonds is 3. The number of hydrogen-bond donors (Lipinski definition) is 1. The molecule has 5 heterocycles. The van der Waals surface area contributed by atoms with E-state index < -0.39 is 0 Å². The Bertz CT molecular complexity index is 1540. The lowest BCUT2D eigenvalue weighted by molar-refractivity contribution is 0.0823. The molecular weight excluding hydrogens is 468 g/mol. The fourth-order valence-corrected chi connectivity index (χ4v) is 5.46. The van der Waals surface area contributed by atoms with Crippen LogP contribution < -0.4 is 5.32 Å². The lowest BCUT2D eigenvalue weighted by Gasteiger charge is -2.30. The number of carbonyl (C=O) groups is 1. The van der Waals surface area contributed by atoms with Crippen LogP contribution in [0.1, 0.15) is 35.8 Å². The number of ether oxygens (including phenoxy) is 1. The van der Waals surface area contributed by atoms with E-state index in [4.69, 9.17) is 14.7 Å². The number of hydrogen-bond acceptors (Lipinski definition) is 6. The van der Waals surface area contributed by atoms with Crippen molar-refractivity contribution >= 4 is 16.9 Å². The number of aryl methyl sites for hydroxylation is 1. The molecule has 1 aromatic carbocycles. The number of nitrogens with zero attached hydrogens (tertiary/aromatic N) is 7. The van der Waals surface area contributed by atoms with E-state index in [0.717, 1.165) is 65.3 Å². The van der Waals surface area contributed by atoms with Crippen LogP contribution in [0.2, 0.25) is 0 Å². The standard InChI is InChI=1S/C27H28N8O2/c1-29-27(36)34-8-9-35-23(16-34)25(32-26(35)17-6-10-37-11-7-17)20-4-3-5-22-21(20)12-18(13-28)24(31-22)19-14-30-33(2)15-19/h3-5,12,14-15,17H,6-11,16H2,1-2H3,(H,29,36). The maximum atomic E-state index is 12.5. The van der Waals surface area contributed by atoms with Crippen LogP contribution in [0.25, 0.3) is 33.4 Å². The van der Waals surface area contributed by atoms with Crippen LogP contribution in [0.5, 0.6) is 0 Å². The summed E-state index contributed by atoms with van der Waals surface area (Å²) in [6, 6.07) is 10.1. The third-order valence-electron chi connectivity index (χ3n) is 7.34. The van der Waals surface area contributed by atoms with Gasteiger partial charge in [-0.1, -0.05) is 12.1 Å². The van der Waals surface area contributed by atoms with E-state index in [9.17, 15) is 10.1 Å². The predicted octanol–water partition coefficient (Wildman–Crippen LogP) is 3.42. The Labute approximate surface area is 214 Å². The Morgan fingerprint density at radius 2 is 2.03 bits per heavy atom. The first-order valence-corrected chi connectivity index (χ1v) is 12.5. The van der Waals surface area contributed by atoms with Crippen LogP contribution in [0.4, 0.5) is 4.79 Å². The van der Waals surface area contributed by atoms with Gasteiger partial charge < -0.3 is 19.5 Å². The molecule has 0 aliphatic carbocycles. The minimum Gasteiger partial charge on any atom is -0.381 e. The third-order valence-corrected chi connectivity index (χ3v) is 7.34. The summed E-state index contributed by atoms with van der Waals surface area (Å²) in [5, 5.41) is 17.9. The lowest BCUT2D eigenvalue weighted by atomic mass is 9.99. The normalized spacial score (nSPS) is 16.0. The van der Waals surface area contributed by atoms with Gasteiger partial charge in [0.15, 0.2) is 0 Å². The van der Waals surface area contributed by atoms with Crippen LogP contribution in [0.3, 0.4) is 0 Å². The molecule has 37 heavy (non-hydrogen) atoms. The van der Waals surface area contributed by atoms with Crippen LogP contribution in [-0.4, -0.2) is 62.1 Å². The summed E-state index contributed by atoms with van der Waals surface area (Å²) in [5.41, 5.74) is 5.45. The van der Waals surface area contributed by atoms with Crippen molar-refractivity contribution in [2.24, 2.45) is 7.05 Å². The van der Waals surface area contributed by atoms with Gasteiger partial charge in [-0.2, -0.15) is 10.4 Å². The van der Waals surface area contributed by atoms with Gasteiger partial charge in [-0.05, 0) is 25.0 Å². The Morgan fingerprint density at radius 3 is 2.76 bits per heavy atom. The van der Waals surface area contributed by atoms with E-state index in [2.05, 4.69) is 21.1 Å². The first-order chi connectivity index (χ1) is 18.1. The number of fused-ring (bicyclic) bond motifs is 2. The summed E-state index contributed by atoms with van der Waals surface area (Å²) < 4.78 is 9.61.